The van der Waals surface area contributed by atoms with E-state index in [1.54, 1.807) is 48.5 Å². The summed E-state index contributed by atoms with van der Waals surface area (Å²) in [6.07, 6.45) is 0. The summed E-state index contributed by atoms with van der Waals surface area (Å²) < 4.78 is 85.7. The van der Waals surface area contributed by atoms with E-state index in [9.17, 15) is 31.4 Å². The molecule has 42 heavy (non-hydrogen) atoms. The highest BCUT2D eigenvalue weighted by Gasteiger charge is 2.32. The minimum Gasteiger partial charge on any atom is -0.456 e. The van der Waals surface area contributed by atoms with Crippen LogP contribution in [-0.4, -0.2) is 23.9 Å². The molecule has 4 rings (SSSR count). The molecule has 222 valence electrons. The van der Waals surface area contributed by atoms with Gasteiger partial charge in [-0.05, 0) is 64.9 Å². The van der Waals surface area contributed by atoms with Crippen LogP contribution in [0, 0.1) is 0 Å². The molecule has 0 aromatic heterocycles. The number of nitrogens with one attached hydrogen (secondary N) is 1. The van der Waals surface area contributed by atoms with Crippen molar-refractivity contribution in [2.24, 2.45) is 0 Å². The van der Waals surface area contributed by atoms with E-state index in [4.69, 9.17) is 27.9 Å². The lowest BCUT2D eigenvalue weighted by Gasteiger charge is -2.27. The van der Waals surface area contributed by atoms with E-state index in [1.165, 1.54) is 30.3 Å². The first-order valence-corrected chi connectivity index (χ1v) is 14.0. The van der Waals surface area contributed by atoms with Gasteiger partial charge in [0.15, 0.2) is 6.67 Å². The van der Waals surface area contributed by atoms with Crippen molar-refractivity contribution >= 4 is 35.0 Å². The summed E-state index contributed by atoms with van der Waals surface area (Å²) in [5.74, 6) is -3.03. The van der Waals surface area contributed by atoms with Crippen LogP contribution < -0.4 is 10.1 Å². The zero-order chi connectivity index (χ0) is 30.5. The molecule has 0 saturated heterocycles. The largest absolute Gasteiger partial charge is 0.456 e. The number of halogens is 8. The van der Waals surface area contributed by atoms with Crippen molar-refractivity contribution in [1.82, 2.24) is 5.32 Å². The summed E-state index contributed by atoms with van der Waals surface area (Å²) in [5.41, 5.74) is -3.65. The van der Waals surface area contributed by atoms with Gasteiger partial charge in [0.25, 0.3) is 0 Å². The SMILES string of the molecule is OCC(NC(c1cccc(Oc2cccc(Cl)c2Cl)c1)c1cccc(SC(F)(F)F)c1)c1ccc(C(F)(F)CF)cc1. The van der Waals surface area contributed by atoms with Crippen molar-refractivity contribution in [3.8, 4) is 11.5 Å². The van der Waals surface area contributed by atoms with Gasteiger partial charge >= 0.3 is 11.4 Å². The molecule has 2 unspecified atom stereocenters. The van der Waals surface area contributed by atoms with Gasteiger partial charge in [0.2, 0.25) is 0 Å². The van der Waals surface area contributed by atoms with Crippen molar-refractivity contribution in [3.05, 3.63) is 123 Å². The van der Waals surface area contributed by atoms with Crippen LogP contribution in [0.2, 0.25) is 10.0 Å². The Morgan fingerprint density at radius 3 is 2.10 bits per heavy atom. The Morgan fingerprint density at radius 2 is 1.45 bits per heavy atom. The molecule has 0 bridgehead atoms. The number of aliphatic hydroxyl groups excluding tert-OH is 1. The molecular formula is C30H23Cl2F6NO2S. The highest BCUT2D eigenvalue weighted by Crippen LogP contribution is 2.40. The average Bonchev–Trinajstić information content (AvgIpc) is 2.95. The van der Waals surface area contributed by atoms with Crippen LogP contribution in [0.1, 0.15) is 34.3 Å². The smallest absolute Gasteiger partial charge is 0.446 e. The number of thioether (sulfide) groups is 1. The molecule has 2 atom stereocenters. The van der Waals surface area contributed by atoms with Crippen molar-refractivity contribution < 1.29 is 36.2 Å². The predicted octanol–water partition coefficient (Wildman–Crippen LogP) is 9.87. The van der Waals surface area contributed by atoms with Gasteiger partial charge in [-0.1, -0.05) is 77.8 Å². The lowest BCUT2D eigenvalue weighted by Crippen LogP contribution is -2.30. The summed E-state index contributed by atoms with van der Waals surface area (Å²) >= 11 is 12.1. The molecule has 0 spiro atoms. The van der Waals surface area contributed by atoms with Gasteiger partial charge < -0.3 is 9.84 Å². The summed E-state index contributed by atoms with van der Waals surface area (Å²) in [6.45, 7) is -2.35. The monoisotopic (exact) mass is 645 g/mol. The Labute approximate surface area is 252 Å². The summed E-state index contributed by atoms with van der Waals surface area (Å²) in [7, 11) is 0. The molecule has 4 aromatic carbocycles. The van der Waals surface area contributed by atoms with Gasteiger partial charge in [-0.2, -0.15) is 22.0 Å². The minimum absolute atomic E-state index is 0.0525. The molecule has 2 N–H and O–H groups in total. The van der Waals surface area contributed by atoms with Crippen molar-refractivity contribution in [2.45, 2.75) is 28.4 Å². The van der Waals surface area contributed by atoms with Crippen LogP contribution in [0.5, 0.6) is 11.5 Å². The molecule has 0 aliphatic rings. The number of hydrogen-bond donors (Lipinski definition) is 2. The zero-order valence-corrected chi connectivity index (χ0v) is 23.8. The van der Waals surface area contributed by atoms with Gasteiger partial charge in [-0.15, -0.1) is 0 Å². The first kappa shape index (κ1) is 32.0. The maximum absolute atomic E-state index is 13.8. The highest BCUT2D eigenvalue weighted by atomic mass is 35.5. The Balaban J connectivity index is 1.72. The van der Waals surface area contributed by atoms with Gasteiger partial charge in [-0.25, -0.2) is 4.39 Å². The molecule has 3 nitrogen and oxygen atoms in total. The highest BCUT2D eigenvalue weighted by molar-refractivity contribution is 8.00. The molecule has 4 aromatic rings. The average molecular weight is 646 g/mol. The van der Waals surface area contributed by atoms with E-state index >= 15 is 0 Å². The Hall–Kier alpha value is -2.89. The molecular weight excluding hydrogens is 623 g/mol. The number of benzene rings is 4. The second-order valence-corrected chi connectivity index (χ2v) is 11.1. The van der Waals surface area contributed by atoms with Gasteiger partial charge in [0.1, 0.15) is 16.5 Å². The van der Waals surface area contributed by atoms with E-state index in [1.807, 2.05) is 0 Å². The Morgan fingerprint density at radius 1 is 0.810 bits per heavy atom. The number of aliphatic hydroxyl groups is 1. The van der Waals surface area contributed by atoms with Gasteiger partial charge in [0.05, 0.1) is 23.7 Å². The fraction of sp³-hybridized carbons (Fsp3) is 0.200. The van der Waals surface area contributed by atoms with Crippen LogP contribution in [0.15, 0.2) is 95.9 Å². The summed E-state index contributed by atoms with van der Waals surface area (Å²) in [5, 5.41) is 13.9. The molecule has 0 heterocycles. The van der Waals surface area contributed by atoms with Crippen LogP contribution >= 0.6 is 35.0 Å². The van der Waals surface area contributed by atoms with E-state index in [-0.39, 0.29) is 32.5 Å². The first-order valence-electron chi connectivity index (χ1n) is 12.4. The van der Waals surface area contributed by atoms with Gasteiger partial charge in [-0.3, -0.25) is 5.32 Å². The number of hydrogen-bond acceptors (Lipinski definition) is 4. The van der Waals surface area contributed by atoms with Crippen LogP contribution in [-0.2, 0) is 5.92 Å². The Bertz CT molecular complexity index is 1500. The molecule has 0 amide bonds. The fourth-order valence-electron chi connectivity index (χ4n) is 4.22. The molecule has 0 saturated carbocycles. The second-order valence-electron chi connectivity index (χ2n) is 9.14. The molecule has 0 fully saturated rings. The normalized spacial score (nSPS) is 13.5. The maximum Gasteiger partial charge on any atom is 0.446 e. The third-order valence-electron chi connectivity index (χ3n) is 6.21. The van der Waals surface area contributed by atoms with Crippen molar-refractivity contribution in [2.75, 3.05) is 13.3 Å². The summed E-state index contributed by atoms with van der Waals surface area (Å²) in [6, 6.07) is 20.5. The minimum atomic E-state index is -4.51. The van der Waals surface area contributed by atoms with Crippen LogP contribution in [0.3, 0.4) is 0 Å². The van der Waals surface area contributed by atoms with Crippen LogP contribution in [0.4, 0.5) is 26.3 Å². The quantitative estimate of drug-likeness (QED) is 0.126. The third-order valence-corrected chi connectivity index (χ3v) is 7.74. The predicted molar refractivity (Wildman–Crippen MR) is 152 cm³/mol. The lowest BCUT2D eigenvalue weighted by molar-refractivity contribution is -0.0328. The number of rotatable bonds is 11. The molecule has 0 radical (unpaired) electrons. The van der Waals surface area contributed by atoms with Crippen molar-refractivity contribution in [3.63, 3.8) is 0 Å². The van der Waals surface area contributed by atoms with E-state index in [0.29, 0.717) is 22.4 Å². The first-order chi connectivity index (χ1) is 19.9. The second kappa shape index (κ2) is 13.6. The zero-order valence-electron chi connectivity index (χ0n) is 21.5. The van der Waals surface area contributed by atoms with Crippen molar-refractivity contribution in [1.29, 1.82) is 0 Å². The van der Waals surface area contributed by atoms with E-state index in [0.717, 1.165) is 12.1 Å². The fourth-order valence-corrected chi connectivity index (χ4v) is 5.15. The van der Waals surface area contributed by atoms with E-state index < -0.39 is 42.4 Å². The van der Waals surface area contributed by atoms with E-state index in [2.05, 4.69) is 5.32 Å². The summed E-state index contributed by atoms with van der Waals surface area (Å²) in [4.78, 5) is -0.0525. The third kappa shape index (κ3) is 8.14. The molecule has 0 aliphatic carbocycles. The van der Waals surface area contributed by atoms with Crippen LogP contribution in [0.25, 0.3) is 0 Å². The lowest BCUT2D eigenvalue weighted by atomic mass is 9.95. The standard InChI is InChI=1S/C30H23Cl2F6NO2S/c31-24-8-3-9-26(27(24)32)41-22-6-1-4-19(14-22)28(20-5-2-7-23(15-20)42-30(36,37)38)39-25(16-40)18-10-12-21(13-11-18)29(34,35)17-33/h1-15,25,28,39-40H,16-17H2. The maximum atomic E-state index is 13.8. The molecule has 12 heteroatoms. The number of ether oxygens (including phenoxy) is 1. The topological polar surface area (TPSA) is 41.5 Å². The molecule has 0 aliphatic heterocycles. The Kier molecular flexibility index (Phi) is 10.4. The van der Waals surface area contributed by atoms with Gasteiger partial charge in [0, 0.05) is 10.5 Å². The number of alkyl halides is 6.